The highest BCUT2D eigenvalue weighted by molar-refractivity contribution is 14.0. The minimum Gasteiger partial charge on any atom is -0.378 e. The highest BCUT2D eigenvalue weighted by Crippen LogP contribution is 2.57. The zero-order valence-corrected chi connectivity index (χ0v) is 15.9. The van der Waals surface area contributed by atoms with Gasteiger partial charge >= 0.3 is 0 Å². The number of aliphatic imine (C=N–C) groups is 1. The summed E-state index contributed by atoms with van der Waals surface area (Å²) in [4.78, 5) is 4.39. The second-order valence-corrected chi connectivity index (χ2v) is 7.20. The van der Waals surface area contributed by atoms with Gasteiger partial charge < -0.3 is 15.4 Å². The van der Waals surface area contributed by atoms with Crippen molar-refractivity contribution in [1.29, 1.82) is 0 Å². The summed E-state index contributed by atoms with van der Waals surface area (Å²) in [6.07, 6.45) is 8.26. The molecule has 21 heavy (non-hydrogen) atoms. The maximum Gasteiger partial charge on any atom is 0.191 e. The van der Waals surface area contributed by atoms with E-state index in [4.69, 9.17) is 4.74 Å². The molecule has 0 saturated heterocycles. The summed E-state index contributed by atoms with van der Waals surface area (Å²) < 4.78 is 5.90. The molecule has 3 aliphatic carbocycles. The summed E-state index contributed by atoms with van der Waals surface area (Å²) in [6, 6.07) is 0.547. The van der Waals surface area contributed by atoms with E-state index in [1.165, 1.54) is 32.1 Å². The Kier molecular flexibility index (Phi) is 5.45. The van der Waals surface area contributed by atoms with Gasteiger partial charge in [0.1, 0.15) is 0 Å². The highest BCUT2D eigenvalue weighted by Gasteiger charge is 2.59. The molecule has 3 saturated carbocycles. The fourth-order valence-corrected chi connectivity index (χ4v) is 3.69. The Morgan fingerprint density at radius 1 is 1.29 bits per heavy atom. The second kappa shape index (κ2) is 6.60. The SMILES string of the molecule is CCOC1CC(NC(=NC)NCC2(C)CC2)C12CCC2.I. The molecule has 0 amide bonds. The first-order valence-electron chi connectivity index (χ1n) is 8.21. The van der Waals surface area contributed by atoms with Crippen LogP contribution in [0.25, 0.3) is 0 Å². The minimum atomic E-state index is 0. The average Bonchev–Trinajstić information content (AvgIpc) is 3.08. The van der Waals surface area contributed by atoms with E-state index in [0.717, 1.165) is 25.5 Å². The number of rotatable bonds is 5. The van der Waals surface area contributed by atoms with E-state index in [-0.39, 0.29) is 24.0 Å². The molecule has 5 heteroatoms. The Balaban J connectivity index is 0.00000161. The largest absolute Gasteiger partial charge is 0.378 e. The fourth-order valence-electron chi connectivity index (χ4n) is 3.69. The van der Waals surface area contributed by atoms with Gasteiger partial charge in [-0.15, -0.1) is 24.0 Å². The van der Waals surface area contributed by atoms with E-state index >= 15 is 0 Å². The minimum absolute atomic E-state index is 0. The van der Waals surface area contributed by atoms with E-state index in [1.807, 2.05) is 7.05 Å². The van der Waals surface area contributed by atoms with Crippen LogP contribution in [0.4, 0.5) is 0 Å². The van der Waals surface area contributed by atoms with Crippen LogP contribution in [0.3, 0.4) is 0 Å². The van der Waals surface area contributed by atoms with Crippen LogP contribution < -0.4 is 10.6 Å². The van der Waals surface area contributed by atoms with E-state index in [9.17, 15) is 0 Å². The lowest BCUT2D eigenvalue weighted by Gasteiger charge is -2.61. The third-order valence-electron chi connectivity index (χ3n) is 5.76. The monoisotopic (exact) mass is 407 g/mol. The first-order valence-corrected chi connectivity index (χ1v) is 8.21. The molecule has 122 valence electrons. The number of nitrogens with zero attached hydrogens (tertiary/aromatic N) is 1. The van der Waals surface area contributed by atoms with Gasteiger partial charge in [-0.2, -0.15) is 0 Å². The molecular weight excluding hydrogens is 377 g/mol. The number of hydrogen-bond donors (Lipinski definition) is 2. The van der Waals surface area contributed by atoms with Crippen LogP contribution in [0.5, 0.6) is 0 Å². The molecular formula is C16H30IN3O. The smallest absolute Gasteiger partial charge is 0.191 e. The molecule has 3 rings (SSSR count). The summed E-state index contributed by atoms with van der Waals surface area (Å²) in [5.74, 6) is 0.976. The molecule has 4 nitrogen and oxygen atoms in total. The summed E-state index contributed by atoms with van der Waals surface area (Å²) in [5.41, 5.74) is 0.913. The molecule has 0 radical (unpaired) electrons. The Hall–Kier alpha value is -0.0400. The number of ether oxygens (including phenoxy) is 1. The van der Waals surface area contributed by atoms with Gasteiger partial charge in [0.2, 0.25) is 0 Å². The zero-order valence-electron chi connectivity index (χ0n) is 13.6. The standard InChI is InChI=1S/C16H29N3O.HI/c1-4-20-13-10-12(16(13)6-5-7-16)19-14(17-3)18-11-15(2)8-9-15;/h12-13H,4-11H2,1-3H3,(H2,17,18,19);1H. The van der Waals surface area contributed by atoms with Crippen LogP contribution in [0.2, 0.25) is 0 Å². The van der Waals surface area contributed by atoms with E-state index < -0.39 is 0 Å². The van der Waals surface area contributed by atoms with Gasteiger partial charge in [0, 0.05) is 31.7 Å². The summed E-state index contributed by atoms with van der Waals surface area (Å²) in [5, 5.41) is 7.15. The average molecular weight is 407 g/mol. The zero-order chi connectivity index (χ0) is 14.2. The van der Waals surface area contributed by atoms with Crippen molar-refractivity contribution in [1.82, 2.24) is 10.6 Å². The normalized spacial score (nSPS) is 31.7. The third-order valence-corrected chi connectivity index (χ3v) is 5.76. The quantitative estimate of drug-likeness (QED) is 0.419. The Bertz CT molecular complexity index is 391. The lowest BCUT2D eigenvalue weighted by molar-refractivity contribution is -0.168. The number of guanidine groups is 1. The second-order valence-electron chi connectivity index (χ2n) is 7.20. The van der Waals surface area contributed by atoms with E-state index in [2.05, 4.69) is 29.5 Å². The lowest BCUT2D eigenvalue weighted by atomic mass is 9.51. The third kappa shape index (κ3) is 3.33. The Morgan fingerprint density at radius 3 is 2.48 bits per heavy atom. The number of nitrogens with one attached hydrogen (secondary N) is 2. The molecule has 3 aliphatic rings. The highest BCUT2D eigenvalue weighted by atomic mass is 127. The van der Waals surface area contributed by atoms with Crippen molar-refractivity contribution >= 4 is 29.9 Å². The van der Waals surface area contributed by atoms with Crippen molar-refractivity contribution in [3.8, 4) is 0 Å². The van der Waals surface area contributed by atoms with Crippen molar-refractivity contribution in [2.24, 2.45) is 15.8 Å². The molecule has 0 bridgehead atoms. The maximum atomic E-state index is 5.90. The van der Waals surface area contributed by atoms with Gasteiger partial charge in [0.25, 0.3) is 0 Å². The Morgan fingerprint density at radius 2 is 2.00 bits per heavy atom. The predicted octanol–water partition coefficient (Wildman–Crippen LogP) is 2.92. The van der Waals surface area contributed by atoms with Crippen molar-refractivity contribution < 1.29 is 4.74 Å². The summed E-state index contributed by atoms with van der Waals surface area (Å²) >= 11 is 0. The van der Waals surface area contributed by atoms with E-state index in [0.29, 0.717) is 23.0 Å². The molecule has 0 aliphatic heterocycles. The van der Waals surface area contributed by atoms with Crippen LogP contribution in [-0.4, -0.2) is 38.3 Å². The van der Waals surface area contributed by atoms with Gasteiger partial charge in [-0.05, 0) is 44.4 Å². The molecule has 2 N–H and O–H groups in total. The maximum absolute atomic E-state index is 5.90. The van der Waals surface area contributed by atoms with Crippen molar-refractivity contribution in [3.05, 3.63) is 0 Å². The van der Waals surface area contributed by atoms with Crippen LogP contribution in [-0.2, 0) is 4.74 Å². The molecule has 0 aromatic carbocycles. The molecule has 2 atom stereocenters. The molecule has 0 aromatic rings. The van der Waals surface area contributed by atoms with Crippen LogP contribution >= 0.6 is 24.0 Å². The lowest BCUT2D eigenvalue weighted by Crippen LogP contribution is -2.68. The van der Waals surface area contributed by atoms with Gasteiger partial charge in [-0.1, -0.05) is 13.3 Å². The molecule has 2 unspecified atom stereocenters. The van der Waals surface area contributed by atoms with Crippen molar-refractivity contribution in [2.75, 3.05) is 20.2 Å². The predicted molar refractivity (Wildman–Crippen MR) is 97.4 cm³/mol. The van der Waals surface area contributed by atoms with Crippen LogP contribution in [0, 0.1) is 10.8 Å². The van der Waals surface area contributed by atoms with Crippen molar-refractivity contribution in [2.45, 2.75) is 64.5 Å². The first kappa shape index (κ1) is 17.3. The molecule has 0 aromatic heterocycles. The van der Waals surface area contributed by atoms with Crippen molar-refractivity contribution in [3.63, 3.8) is 0 Å². The summed E-state index contributed by atoms with van der Waals surface area (Å²) in [6.45, 7) is 6.32. The van der Waals surface area contributed by atoms with Gasteiger partial charge in [-0.3, -0.25) is 4.99 Å². The topological polar surface area (TPSA) is 45.6 Å². The molecule has 0 heterocycles. The van der Waals surface area contributed by atoms with Gasteiger partial charge in [-0.25, -0.2) is 0 Å². The molecule has 3 fully saturated rings. The van der Waals surface area contributed by atoms with E-state index in [1.54, 1.807) is 0 Å². The fraction of sp³-hybridized carbons (Fsp3) is 0.938. The van der Waals surface area contributed by atoms with Gasteiger partial charge in [0.05, 0.1) is 6.10 Å². The number of hydrogen-bond acceptors (Lipinski definition) is 2. The number of halogens is 1. The van der Waals surface area contributed by atoms with Crippen LogP contribution in [0.15, 0.2) is 4.99 Å². The van der Waals surface area contributed by atoms with Gasteiger partial charge in [0.15, 0.2) is 5.96 Å². The first-order chi connectivity index (χ1) is 9.62. The Labute approximate surface area is 145 Å². The summed E-state index contributed by atoms with van der Waals surface area (Å²) in [7, 11) is 1.87. The van der Waals surface area contributed by atoms with Crippen LogP contribution in [0.1, 0.15) is 52.4 Å². The molecule has 1 spiro atoms.